The van der Waals surface area contributed by atoms with E-state index in [2.05, 4.69) is 20.8 Å². The van der Waals surface area contributed by atoms with Crippen LogP contribution in [0.1, 0.15) is 44.4 Å². The number of fused-ring (bicyclic) bond motifs is 3. The minimum absolute atomic E-state index is 0.0132. The third kappa shape index (κ3) is 2.50. The molecule has 2 aliphatic rings. The van der Waals surface area contributed by atoms with Gasteiger partial charge in [0, 0.05) is 24.4 Å². The average Bonchev–Trinajstić information content (AvgIpc) is 2.94. The summed E-state index contributed by atoms with van der Waals surface area (Å²) in [5.41, 5.74) is 2.13. The Morgan fingerprint density at radius 3 is 2.77 bits per heavy atom. The van der Waals surface area contributed by atoms with E-state index >= 15 is 0 Å². The SMILES string of the molecule is Cc1cccc2c1O[C@H]1[C@H](CO)CN(C(=O)CC(C)(C)C)[C@@H]21. The first-order valence-corrected chi connectivity index (χ1v) is 7.98. The number of rotatable bonds is 2. The summed E-state index contributed by atoms with van der Waals surface area (Å²) in [7, 11) is 0. The van der Waals surface area contributed by atoms with Crippen LogP contribution in [0.2, 0.25) is 0 Å². The van der Waals surface area contributed by atoms with E-state index < -0.39 is 0 Å². The molecule has 0 aliphatic carbocycles. The van der Waals surface area contributed by atoms with Crippen LogP contribution in [-0.4, -0.2) is 35.2 Å². The lowest BCUT2D eigenvalue weighted by molar-refractivity contribution is -0.134. The molecule has 1 fully saturated rings. The number of carbonyl (C=O) groups is 1. The molecule has 4 nitrogen and oxygen atoms in total. The zero-order chi connectivity index (χ0) is 16.1. The molecule has 0 unspecified atom stereocenters. The molecule has 1 amide bonds. The molecule has 0 saturated carbocycles. The van der Waals surface area contributed by atoms with E-state index in [1.807, 2.05) is 30.0 Å². The summed E-state index contributed by atoms with van der Waals surface area (Å²) in [6.07, 6.45) is 0.389. The van der Waals surface area contributed by atoms with E-state index in [1.54, 1.807) is 0 Å². The molecule has 1 N–H and O–H groups in total. The van der Waals surface area contributed by atoms with Gasteiger partial charge in [0.05, 0.1) is 12.6 Å². The van der Waals surface area contributed by atoms with Crippen LogP contribution in [0.5, 0.6) is 5.75 Å². The highest BCUT2D eigenvalue weighted by Crippen LogP contribution is 2.49. The van der Waals surface area contributed by atoms with Crippen LogP contribution in [0.4, 0.5) is 0 Å². The van der Waals surface area contributed by atoms with Gasteiger partial charge in [-0.2, -0.15) is 0 Å². The van der Waals surface area contributed by atoms with Gasteiger partial charge in [0.2, 0.25) is 5.91 Å². The summed E-state index contributed by atoms with van der Waals surface area (Å²) in [6, 6.07) is 6.03. The summed E-state index contributed by atoms with van der Waals surface area (Å²) in [6.45, 7) is 8.87. The van der Waals surface area contributed by atoms with Gasteiger partial charge in [-0.05, 0) is 17.9 Å². The molecular weight excluding hydrogens is 278 g/mol. The molecule has 0 radical (unpaired) electrons. The third-order valence-corrected chi connectivity index (χ3v) is 4.59. The fourth-order valence-corrected chi connectivity index (χ4v) is 3.59. The van der Waals surface area contributed by atoms with Crippen LogP contribution in [0.25, 0.3) is 0 Å². The Morgan fingerprint density at radius 2 is 2.14 bits per heavy atom. The Kier molecular flexibility index (Phi) is 3.68. The van der Waals surface area contributed by atoms with Crippen molar-refractivity contribution in [2.45, 2.75) is 46.3 Å². The van der Waals surface area contributed by atoms with E-state index in [4.69, 9.17) is 4.74 Å². The Balaban J connectivity index is 1.94. The maximum Gasteiger partial charge on any atom is 0.223 e. The molecule has 0 bridgehead atoms. The normalized spacial score (nSPS) is 26.6. The topological polar surface area (TPSA) is 49.8 Å². The molecule has 3 atom stereocenters. The highest BCUT2D eigenvalue weighted by molar-refractivity contribution is 5.78. The number of para-hydroxylation sites is 1. The van der Waals surface area contributed by atoms with Gasteiger partial charge in [0.25, 0.3) is 0 Å². The summed E-state index contributed by atoms with van der Waals surface area (Å²) < 4.78 is 6.12. The molecule has 1 saturated heterocycles. The molecule has 0 spiro atoms. The van der Waals surface area contributed by atoms with Gasteiger partial charge in [-0.15, -0.1) is 0 Å². The molecule has 2 aliphatic heterocycles. The van der Waals surface area contributed by atoms with Crippen LogP contribution in [0.15, 0.2) is 18.2 Å². The largest absolute Gasteiger partial charge is 0.487 e. The van der Waals surface area contributed by atoms with Crippen LogP contribution in [0, 0.1) is 18.3 Å². The first-order valence-electron chi connectivity index (χ1n) is 7.98. The minimum atomic E-state index is -0.120. The second-order valence-corrected chi connectivity index (χ2v) is 7.75. The maximum absolute atomic E-state index is 12.7. The highest BCUT2D eigenvalue weighted by atomic mass is 16.5. The van der Waals surface area contributed by atoms with Crippen molar-refractivity contribution in [2.24, 2.45) is 11.3 Å². The minimum Gasteiger partial charge on any atom is -0.487 e. The van der Waals surface area contributed by atoms with E-state index in [1.165, 1.54) is 0 Å². The molecule has 120 valence electrons. The Labute approximate surface area is 132 Å². The van der Waals surface area contributed by atoms with Crippen molar-refractivity contribution in [1.29, 1.82) is 0 Å². The Morgan fingerprint density at radius 1 is 1.41 bits per heavy atom. The van der Waals surface area contributed by atoms with Crippen molar-refractivity contribution in [3.05, 3.63) is 29.3 Å². The van der Waals surface area contributed by atoms with Crippen LogP contribution in [0.3, 0.4) is 0 Å². The number of likely N-dealkylation sites (tertiary alicyclic amines) is 1. The van der Waals surface area contributed by atoms with Gasteiger partial charge >= 0.3 is 0 Å². The van der Waals surface area contributed by atoms with Gasteiger partial charge in [-0.3, -0.25) is 4.79 Å². The number of benzene rings is 1. The van der Waals surface area contributed by atoms with E-state index in [0.717, 1.165) is 16.9 Å². The predicted molar refractivity (Wildman–Crippen MR) is 84.7 cm³/mol. The molecular formula is C18H25NO3. The zero-order valence-electron chi connectivity index (χ0n) is 13.8. The number of hydrogen-bond acceptors (Lipinski definition) is 3. The van der Waals surface area contributed by atoms with Gasteiger partial charge in [-0.1, -0.05) is 39.0 Å². The molecule has 0 aromatic heterocycles. The summed E-state index contributed by atoms with van der Waals surface area (Å²) in [5.74, 6) is 1.03. The number of nitrogens with zero attached hydrogens (tertiary/aromatic N) is 1. The van der Waals surface area contributed by atoms with Crippen LogP contribution in [-0.2, 0) is 4.79 Å². The van der Waals surface area contributed by atoms with Crippen molar-refractivity contribution >= 4 is 5.91 Å². The fourth-order valence-electron chi connectivity index (χ4n) is 3.59. The lowest BCUT2D eigenvalue weighted by atomic mass is 9.91. The van der Waals surface area contributed by atoms with E-state index in [9.17, 15) is 9.90 Å². The molecule has 22 heavy (non-hydrogen) atoms. The van der Waals surface area contributed by atoms with Crippen molar-refractivity contribution in [3.8, 4) is 5.75 Å². The lowest BCUT2D eigenvalue weighted by Gasteiger charge is -2.27. The number of aryl methyl sites for hydroxylation is 1. The van der Waals surface area contributed by atoms with Gasteiger partial charge in [-0.25, -0.2) is 0 Å². The van der Waals surface area contributed by atoms with Gasteiger partial charge in [0.1, 0.15) is 11.9 Å². The van der Waals surface area contributed by atoms with Crippen molar-refractivity contribution in [1.82, 2.24) is 4.90 Å². The smallest absolute Gasteiger partial charge is 0.223 e. The first kappa shape index (κ1) is 15.3. The summed E-state index contributed by atoms with van der Waals surface area (Å²) in [4.78, 5) is 14.7. The third-order valence-electron chi connectivity index (χ3n) is 4.59. The monoisotopic (exact) mass is 303 g/mol. The van der Waals surface area contributed by atoms with Crippen molar-refractivity contribution in [3.63, 3.8) is 0 Å². The number of ether oxygens (including phenoxy) is 1. The molecule has 3 rings (SSSR count). The summed E-state index contributed by atoms with van der Waals surface area (Å²) in [5, 5.41) is 9.68. The van der Waals surface area contributed by atoms with Crippen molar-refractivity contribution in [2.75, 3.05) is 13.2 Å². The quantitative estimate of drug-likeness (QED) is 0.914. The number of amides is 1. The Bertz CT molecular complexity index is 590. The number of carbonyl (C=O) groups excluding carboxylic acids is 1. The average molecular weight is 303 g/mol. The highest BCUT2D eigenvalue weighted by Gasteiger charge is 2.51. The fraction of sp³-hybridized carbons (Fsp3) is 0.611. The van der Waals surface area contributed by atoms with Crippen molar-refractivity contribution < 1.29 is 14.6 Å². The second-order valence-electron chi connectivity index (χ2n) is 7.75. The zero-order valence-corrected chi connectivity index (χ0v) is 13.8. The molecule has 1 aromatic rings. The number of aliphatic hydroxyl groups is 1. The summed E-state index contributed by atoms with van der Waals surface area (Å²) >= 11 is 0. The van der Waals surface area contributed by atoms with Gasteiger partial charge in [0.15, 0.2) is 0 Å². The molecule has 1 aromatic carbocycles. The van der Waals surface area contributed by atoms with Crippen LogP contribution >= 0.6 is 0 Å². The first-order chi connectivity index (χ1) is 10.3. The second kappa shape index (κ2) is 5.27. The Hall–Kier alpha value is -1.55. The van der Waals surface area contributed by atoms with E-state index in [-0.39, 0.29) is 36.0 Å². The number of aliphatic hydroxyl groups excluding tert-OH is 1. The standard InChI is InChI=1S/C18H25NO3/c1-11-6-5-7-13-15-17(22-16(11)13)12(10-20)9-19(15)14(21)8-18(2,3)4/h5-7,12,15,17,20H,8-10H2,1-4H3/t12-,15-,17-/m0/s1. The maximum atomic E-state index is 12.7. The lowest BCUT2D eigenvalue weighted by Crippen LogP contribution is -2.34. The number of hydrogen-bond donors (Lipinski definition) is 1. The predicted octanol–water partition coefficient (Wildman–Crippen LogP) is 2.68. The van der Waals surface area contributed by atoms with E-state index in [0.29, 0.717) is 13.0 Å². The molecule has 2 heterocycles. The van der Waals surface area contributed by atoms with Crippen LogP contribution < -0.4 is 4.74 Å². The van der Waals surface area contributed by atoms with Gasteiger partial charge < -0.3 is 14.7 Å². The molecule has 4 heteroatoms.